The molecular weight excluding hydrogens is 346 g/mol. The molecule has 0 fully saturated rings. The second kappa shape index (κ2) is 7.31. The number of nitro benzene ring substituents is 1. The van der Waals surface area contributed by atoms with Crippen LogP contribution in [0.5, 0.6) is 0 Å². The maximum Gasteiger partial charge on any atom is 0.270 e. The third kappa shape index (κ3) is 5.28. The molecule has 1 atom stereocenters. The Labute approximate surface area is 145 Å². The number of amides is 1. The van der Waals surface area contributed by atoms with Crippen LogP contribution in [0.3, 0.4) is 0 Å². The molecule has 1 unspecified atom stereocenters. The van der Waals surface area contributed by atoms with Gasteiger partial charge in [-0.3, -0.25) is 19.6 Å². The van der Waals surface area contributed by atoms with E-state index in [1.165, 1.54) is 24.3 Å². The van der Waals surface area contributed by atoms with E-state index in [9.17, 15) is 23.3 Å². The molecule has 0 saturated heterocycles. The van der Waals surface area contributed by atoms with Gasteiger partial charge in [0.25, 0.3) is 11.6 Å². The summed E-state index contributed by atoms with van der Waals surface area (Å²) in [5.41, 5.74) is 1.08. The largest absolute Gasteiger partial charge is 0.346 e. The van der Waals surface area contributed by atoms with Gasteiger partial charge in [-0.15, -0.1) is 0 Å². The third-order valence-electron chi connectivity index (χ3n) is 3.36. The molecule has 0 aliphatic heterocycles. The van der Waals surface area contributed by atoms with Crippen LogP contribution >= 0.6 is 0 Å². The Morgan fingerprint density at radius 1 is 1.16 bits per heavy atom. The number of benzene rings is 2. The molecule has 2 aromatic rings. The van der Waals surface area contributed by atoms with Gasteiger partial charge in [0.2, 0.25) is 10.0 Å². The zero-order chi connectivity index (χ0) is 18.6. The summed E-state index contributed by atoms with van der Waals surface area (Å²) >= 11 is 0. The average molecular weight is 363 g/mol. The van der Waals surface area contributed by atoms with Crippen molar-refractivity contribution in [3.05, 3.63) is 69.8 Å². The van der Waals surface area contributed by atoms with Crippen molar-refractivity contribution in [1.29, 1.82) is 0 Å². The number of non-ortho nitro benzene ring substituents is 1. The molecule has 0 heterocycles. The maximum absolute atomic E-state index is 12.3. The molecule has 9 heteroatoms. The van der Waals surface area contributed by atoms with Crippen LogP contribution in [0, 0.1) is 10.1 Å². The van der Waals surface area contributed by atoms with Gasteiger partial charge in [-0.25, -0.2) is 8.42 Å². The quantitative estimate of drug-likeness (QED) is 0.604. The van der Waals surface area contributed by atoms with E-state index < -0.39 is 26.9 Å². The van der Waals surface area contributed by atoms with E-state index in [0.29, 0.717) is 11.3 Å². The van der Waals surface area contributed by atoms with E-state index in [1.54, 1.807) is 31.2 Å². The fourth-order valence-corrected chi connectivity index (χ4v) is 2.76. The lowest BCUT2D eigenvalue weighted by molar-refractivity contribution is -0.384. The Morgan fingerprint density at radius 3 is 2.48 bits per heavy atom. The van der Waals surface area contributed by atoms with Crippen molar-refractivity contribution in [2.24, 2.45) is 0 Å². The van der Waals surface area contributed by atoms with Crippen molar-refractivity contribution >= 4 is 27.3 Å². The Kier molecular flexibility index (Phi) is 5.38. The number of hydrogen-bond donors (Lipinski definition) is 2. The number of nitro groups is 1. The highest BCUT2D eigenvalue weighted by Gasteiger charge is 2.15. The first-order valence-corrected chi connectivity index (χ1v) is 9.18. The minimum atomic E-state index is -3.40. The summed E-state index contributed by atoms with van der Waals surface area (Å²) in [4.78, 5) is 22.5. The average Bonchev–Trinajstić information content (AvgIpc) is 2.53. The summed E-state index contributed by atoms with van der Waals surface area (Å²) in [5.74, 6) is -0.460. The van der Waals surface area contributed by atoms with Crippen LogP contribution in [-0.4, -0.2) is 25.5 Å². The molecule has 0 aliphatic carbocycles. The number of nitrogens with one attached hydrogen (secondary N) is 2. The molecule has 8 nitrogen and oxygen atoms in total. The molecule has 0 aromatic heterocycles. The number of rotatable bonds is 6. The topological polar surface area (TPSA) is 118 Å². The van der Waals surface area contributed by atoms with Gasteiger partial charge >= 0.3 is 0 Å². The maximum atomic E-state index is 12.3. The van der Waals surface area contributed by atoms with Gasteiger partial charge in [0.15, 0.2) is 0 Å². The Balaban J connectivity index is 2.15. The van der Waals surface area contributed by atoms with Crippen molar-refractivity contribution in [1.82, 2.24) is 5.32 Å². The van der Waals surface area contributed by atoms with Gasteiger partial charge in [-0.2, -0.15) is 0 Å². The summed E-state index contributed by atoms with van der Waals surface area (Å²) in [5, 5.41) is 13.5. The summed E-state index contributed by atoms with van der Waals surface area (Å²) in [6, 6.07) is 11.6. The van der Waals surface area contributed by atoms with E-state index >= 15 is 0 Å². The van der Waals surface area contributed by atoms with Gasteiger partial charge in [0.05, 0.1) is 17.2 Å². The van der Waals surface area contributed by atoms with E-state index in [1.807, 2.05) is 0 Å². The molecular formula is C16H17N3O5S. The second-order valence-corrected chi connectivity index (χ2v) is 7.25. The molecule has 0 radical (unpaired) electrons. The summed E-state index contributed by atoms with van der Waals surface area (Å²) < 4.78 is 25.0. The molecule has 0 saturated carbocycles. The molecule has 25 heavy (non-hydrogen) atoms. The standard InChI is InChI=1S/C16H17N3O5S/c1-11(12-5-3-7-14(9-12)18-25(2,23)24)17-16(20)13-6-4-8-15(10-13)19(21)22/h3-11,18H,1-2H3,(H,17,20). The zero-order valence-electron chi connectivity index (χ0n) is 13.6. The minimum Gasteiger partial charge on any atom is -0.346 e. The first-order chi connectivity index (χ1) is 11.7. The fraction of sp³-hybridized carbons (Fsp3) is 0.188. The molecule has 1 amide bonds. The SMILES string of the molecule is CC(NC(=O)c1cccc([N+](=O)[O-])c1)c1cccc(NS(C)(=O)=O)c1. The molecule has 0 aliphatic rings. The highest BCUT2D eigenvalue weighted by Crippen LogP contribution is 2.19. The van der Waals surface area contributed by atoms with Crippen LogP contribution in [0.15, 0.2) is 48.5 Å². The number of carbonyl (C=O) groups excluding carboxylic acids is 1. The van der Waals surface area contributed by atoms with Crippen molar-refractivity contribution in [3.8, 4) is 0 Å². The predicted octanol–water partition coefficient (Wildman–Crippen LogP) is 2.46. The van der Waals surface area contributed by atoms with Gasteiger partial charge in [0.1, 0.15) is 0 Å². The van der Waals surface area contributed by atoms with Crippen LogP contribution < -0.4 is 10.0 Å². The normalized spacial score (nSPS) is 12.2. The lowest BCUT2D eigenvalue weighted by Gasteiger charge is -2.15. The predicted molar refractivity (Wildman–Crippen MR) is 93.9 cm³/mol. The first kappa shape index (κ1) is 18.4. The van der Waals surface area contributed by atoms with Crippen LogP contribution in [0.25, 0.3) is 0 Å². The highest BCUT2D eigenvalue weighted by molar-refractivity contribution is 7.92. The van der Waals surface area contributed by atoms with E-state index in [-0.39, 0.29) is 11.3 Å². The molecule has 2 rings (SSSR count). The summed E-state index contributed by atoms with van der Waals surface area (Å²) in [7, 11) is -3.40. The fourth-order valence-electron chi connectivity index (χ4n) is 2.21. The highest BCUT2D eigenvalue weighted by atomic mass is 32.2. The van der Waals surface area contributed by atoms with Gasteiger partial charge in [0, 0.05) is 23.4 Å². The second-order valence-electron chi connectivity index (χ2n) is 5.50. The number of nitrogens with zero attached hydrogens (tertiary/aromatic N) is 1. The Bertz CT molecular complexity index is 911. The van der Waals surface area contributed by atoms with Crippen molar-refractivity contribution < 1.29 is 18.1 Å². The Hall–Kier alpha value is -2.94. The monoisotopic (exact) mass is 363 g/mol. The first-order valence-electron chi connectivity index (χ1n) is 7.29. The lowest BCUT2D eigenvalue weighted by atomic mass is 10.1. The third-order valence-corrected chi connectivity index (χ3v) is 3.96. The summed E-state index contributed by atoms with van der Waals surface area (Å²) in [6.45, 7) is 1.73. The molecule has 0 spiro atoms. The molecule has 2 N–H and O–H groups in total. The van der Waals surface area contributed by atoms with E-state index in [4.69, 9.17) is 0 Å². The Morgan fingerprint density at radius 2 is 1.84 bits per heavy atom. The smallest absolute Gasteiger partial charge is 0.270 e. The van der Waals surface area contributed by atoms with E-state index in [0.717, 1.165) is 6.26 Å². The summed E-state index contributed by atoms with van der Waals surface area (Å²) in [6.07, 6.45) is 1.05. The number of sulfonamides is 1. The number of carbonyl (C=O) groups is 1. The minimum absolute atomic E-state index is 0.167. The molecule has 132 valence electrons. The van der Waals surface area contributed by atoms with Crippen LogP contribution in [0.2, 0.25) is 0 Å². The lowest BCUT2D eigenvalue weighted by Crippen LogP contribution is -2.26. The van der Waals surface area contributed by atoms with Gasteiger partial charge in [-0.05, 0) is 30.7 Å². The number of hydrogen-bond acceptors (Lipinski definition) is 5. The van der Waals surface area contributed by atoms with Gasteiger partial charge in [-0.1, -0.05) is 18.2 Å². The molecule has 2 aromatic carbocycles. The van der Waals surface area contributed by atoms with Crippen molar-refractivity contribution in [3.63, 3.8) is 0 Å². The van der Waals surface area contributed by atoms with Crippen LogP contribution in [0.4, 0.5) is 11.4 Å². The van der Waals surface area contributed by atoms with Crippen molar-refractivity contribution in [2.45, 2.75) is 13.0 Å². The zero-order valence-corrected chi connectivity index (χ0v) is 14.4. The van der Waals surface area contributed by atoms with Crippen LogP contribution in [-0.2, 0) is 10.0 Å². The molecule has 0 bridgehead atoms. The van der Waals surface area contributed by atoms with Gasteiger partial charge < -0.3 is 5.32 Å². The van der Waals surface area contributed by atoms with Crippen LogP contribution in [0.1, 0.15) is 28.9 Å². The van der Waals surface area contributed by atoms with E-state index in [2.05, 4.69) is 10.0 Å². The number of anilines is 1. The van der Waals surface area contributed by atoms with Crippen molar-refractivity contribution in [2.75, 3.05) is 11.0 Å².